The number of thioether (sulfide) groups is 1. The van der Waals surface area contributed by atoms with Crippen LogP contribution in [-0.4, -0.2) is 16.7 Å². The molecule has 0 amide bonds. The lowest BCUT2D eigenvalue weighted by Crippen LogP contribution is -1.98. The Hall–Kier alpha value is -1.07. The number of rotatable bonds is 6. The highest BCUT2D eigenvalue weighted by molar-refractivity contribution is 7.98. The molecule has 0 fully saturated rings. The van der Waals surface area contributed by atoms with Crippen LogP contribution in [0.25, 0.3) is 0 Å². The van der Waals surface area contributed by atoms with Crippen molar-refractivity contribution in [2.75, 3.05) is 11.9 Å². The summed E-state index contributed by atoms with van der Waals surface area (Å²) in [5.41, 5.74) is 2.64. The van der Waals surface area contributed by atoms with E-state index in [2.05, 4.69) is 54.5 Å². The van der Waals surface area contributed by atoms with E-state index < -0.39 is 0 Å². The van der Waals surface area contributed by atoms with E-state index in [0.29, 0.717) is 0 Å². The Morgan fingerprint density at radius 1 is 1.26 bits per heavy atom. The molecule has 0 aliphatic carbocycles. The molecule has 2 aromatic rings. The van der Waals surface area contributed by atoms with E-state index in [0.717, 1.165) is 28.9 Å². The lowest BCUT2D eigenvalue weighted by atomic mass is 10.2. The van der Waals surface area contributed by atoms with Crippen molar-refractivity contribution in [1.82, 2.24) is 10.2 Å². The molecule has 1 aromatic heterocycles. The van der Waals surface area contributed by atoms with E-state index >= 15 is 0 Å². The molecule has 2 rings (SSSR count). The van der Waals surface area contributed by atoms with Gasteiger partial charge in [0.05, 0.1) is 5.75 Å². The highest BCUT2D eigenvalue weighted by Gasteiger charge is 2.05. The average Bonchev–Trinajstić information content (AvgIpc) is 2.83. The van der Waals surface area contributed by atoms with Crippen molar-refractivity contribution in [1.29, 1.82) is 0 Å². The quantitative estimate of drug-likeness (QED) is 0.807. The van der Waals surface area contributed by atoms with Gasteiger partial charge in [-0.05, 0) is 31.9 Å². The predicted molar refractivity (Wildman–Crippen MR) is 84.2 cm³/mol. The average molecular weight is 293 g/mol. The van der Waals surface area contributed by atoms with Crippen LogP contribution in [0.2, 0.25) is 0 Å². The number of nitrogens with zero attached hydrogens (tertiary/aromatic N) is 2. The van der Waals surface area contributed by atoms with E-state index in [1.54, 1.807) is 11.3 Å². The molecule has 1 aromatic carbocycles. The first-order valence-electron chi connectivity index (χ1n) is 6.45. The lowest BCUT2D eigenvalue weighted by molar-refractivity contribution is 0.958. The fraction of sp³-hybridized carbons (Fsp3) is 0.429. The SMILES string of the molecule is CCCNc1nnc(CSc2ccc(C)cc2C)s1. The third-order valence-electron chi connectivity index (χ3n) is 2.67. The summed E-state index contributed by atoms with van der Waals surface area (Å²) >= 11 is 3.47. The maximum atomic E-state index is 4.22. The predicted octanol–water partition coefficient (Wildman–Crippen LogP) is 4.27. The van der Waals surface area contributed by atoms with Gasteiger partial charge in [-0.25, -0.2) is 0 Å². The zero-order valence-corrected chi connectivity index (χ0v) is 13.2. The fourth-order valence-electron chi connectivity index (χ4n) is 1.72. The van der Waals surface area contributed by atoms with Crippen LogP contribution in [0.15, 0.2) is 23.1 Å². The molecule has 5 heteroatoms. The minimum Gasteiger partial charge on any atom is -0.360 e. The van der Waals surface area contributed by atoms with E-state index in [-0.39, 0.29) is 0 Å². The van der Waals surface area contributed by atoms with Crippen molar-refractivity contribution >= 4 is 28.2 Å². The van der Waals surface area contributed by atoms with Crippen molar-refractivity contribution in [2.24, 2.45) is 0 Å². The highest BCUT2D eigenvalue weighted by Crippen LogP contribution is 2.28. The monoisotopic (exact) mass is 293 g/mol. The number of aromatic nitrogens is 2. The molecule has 3 nitrogen and oxygen atoms in total. The van der Waals surface area contributed by atoms with Crippen molar-refractivity contribution in [3.05, 3.63) is 34.3 Å². The van der Waals surface area contributed by atoms with Gasteiger partial charge in [-0.1, -0.05) is 36.0 Å². The van der Waals surface area contributed by atoms with E-state index in [4.69, 9.17) is 0 Å². The maximum absolute atomic E-state index is 4.22. The maximum Gasteiger partial charge on any atom is 0.205 e. The second-order valence-corrected chi connectivity index (χ2v) is 6.56. The van der Waals surface area contributed by atoms with E-state index in [1.165, 1.54) is 16.0 Å². The van der Waals surface area contributed by atoms with Gasteiger partial charge in [-0.15, -0.1) is 22.0 Å². The zero-order valence-electron chi connectivity index (χ0n) is 11.6. The van der Waals surface area contributed by atoms with Crippen molar-refractivity contribution in [3.63, 3.8) is 0 Å². The van der Waals surface area contributed by atoms with Crippen LogP contribution < -0.4 is 5.32 Å². The molecular weight excluding hydrogens is 274 g/mol. The van der Waals surface area contributed by atoms with Gasteiger partial charge < -0.3 is 5.32 Å². The van der Waals surface area contributed by atoms with Crippen LogP contribution in [0.4, 0.5) is 5.13 Å². The second-order valence-electron chi connectivity index (χ2n) is 4.49. The Morgan fingerprint density at radius 2 is 2.11 bits per heavy atom. The number of hydrogen-bond acceptors (Lipinski definition) is 5. The van der Waals surface area contributed by atoms with Gasteiger partial charge in [-0.3, -0.25) is 0 Å². The lowest BCUT2D eigenvalue weighted by Gasteiger charge is -2.04. The molecule has 0 saturated carbocycles. The van der Waals surface area contributed by atoms with Crippen LogP contribution in [0.3, 0.4) is 0 Å². The molecule has 102 valence electrons. The zero-order chi connectivity index (χ0) is 13.7. The van der Waals surface area contributed by atoms with Crippen LogP contribution in [0.5, 0.6) is 0 Å². The Bertz CT molecular complexity index is 537. The van der Waals surface area contributed by atoms with Crippen molar-refractivity contribution in [3.8, 4) is 0 Å². The normalized spacial score (nSPS) is 10.7. The van der Waals surface area contributed by atoms with Crippen LogP contribution in [0.1, 0.15) is 29.5 Å². The molecule has 0 aliphatic rings. The first kappa shape index (κ1) is 14.3. The molecule has 0 unspecified atom stereocenters. The third-order valence-corrected chi connectivity index (χ3v) is 4.93. The topological polar surface area (TPSA) is 37.8 Å². The first-order chi connectivity index (χ1) is 9.19. The smallest absolute Gasteiger partial charge is 0.205 e. The minimum atomic E-state index is 0.884. The summed E-state index contributed by atoms with van der Waals surface area (Å²) in [5.74, 6) is 0.884. The van der Waals surface area contributed by atoms with Gasteiger partial charge in [-0.2, -0.15) is 0 Å². The van der Waals surface area contributed by atoms with E-state index in [1.807, 2.05) is 11.8 Å². The van der Waals surface area contributed by atoms with Gasteiger partial charge >= 0.3 is 0 Å². The Labute approximate surface area is 122 Å². The summed E-state index contributed by atoms with van der Waals surface area (Å²) in [7, 11) is 0. The highest BCUT2D eigenvalue weighted by atomic mass is 32.2. The van der Waals surface area contributed by atoms with E-state index in [9.17, 15) is 0 Å². The third kappa shape index (κ3) is 4.21. The van der Waals surface area contributed by atoms with Gasteiger partial charge in [0, 0.05) is 11.4 Å². The number of hydrogen-bond donors (Lipinski definition) is 1. The molecule has 0 atom stereocenters. The van der Waals surface area contributed by atoms with Gasteiger partial charge in [0.1, 0.15) is 5.01 Å². The molecule has 0 radical (unpaired) electrons. The van der Waals surface area contributed by atoms with Crippen LogP contribution in [-0.2, 0) is 5.75 Å². The standard InChI is InChI=1S/C14H19N3S2/c1-4-7-15-14-17-16-13(19-14)9-18-12-6-5-10(2)8-11(12)3/h5-6,8H,4,7,9H2,1-3H3,(H,15,17). The van der Waals surface area contributed by atoms with Crippen molar-refractivity contribution in [2.45, 2.75) is 37.8 Å². The van der Waals surface area contributed by atoms with Gasteiger partial charge in [0.2, 0.25) is 5.13 Å². The molecule has 1 heterocycles. The minimum absolute atomic E-state index is 0.884. The number of aryl methyl sites for hydroxylation is 2. The molecule has 0 bridgehead atoms. The number of anilines is 1. The molecule has 1 N–H and O–H groups in total. The number of nitrogens with one attached hydrogen (secondary N) is 1. The summed E-state index contributed by atoms with van der Waals surface area (Å²) in [6.07, 6.45) is 1.10. The summed E-state index contributed by atoms with van der Waals surface area (Å²) in [6, 6.07) is 6.56. The fourth-order valence-corrected chi connectivity index (χ4v) is 3.48. The summed E-state index contributed by atoms with van der Waals surface area (Å²) in [5, 5.41) is 13.6. The van der Waals surface area contributed by atoms with Crippen molar-refractivity contribution < 1.29 is 0 Å². The van der Waals surface area contributed by atoms with Gasteiger partial charge in [0.25, 0.3) is 0 Å². The molecule has 19 heavy (non-hydrogen) atoms. The number of benzene rings is 1. The Kier molecular flexibility index (Phi) is 5.22. The summed E-state index contributed by atoms with van der Waals surface area (Å²) in [4.78, 5) is 1.32. The molecular formula is C14H19N3S2. The van der Waals surface area contributed by atoms with Crippen LogP contribution >= 0.6 is 23.1 Å². The summed E-state index contributed by atoms with van der Waals surface area (Å²) < 4.78 is 0. The Balaban J connectivity index is 1.92. The molecule has 0 aliphatic heterocycles. The first-order valence-corrected chi connectivity index (χ1v) is 8.25. The van der Waals surface area contributed by atoms with Gasteiger partial charge in [0.15, 0.2) is 0 Å². The second kappa shape index (κ2) is 6.91. The Morgan fingerprint density at radius 3 is 2.84 bits per heavy atom. The van der Waals surface area contributed by atoms with Crippen LogP contribution in [0, 0.1) is 13.8 Å². The largest absolute Gasteiger partial charge is 0.360 e. The summed E-state index contributed by atoms with van der Waals surface area (Å²) in [6.45, 7) is 7.38. The molecule has 0 spiro atoms. The molecule has 0 saturated heterocycles.